The van der Waals surface area contributed by atoms with Gasteiger partial charge in [-0.2, -0.15) is 0 Å². The van der Waals surface area contributed by atoms with Crippen LogP contribution in [0.1, 0.15) is 17.2 Å². The monoisotopic (exact) mass is 442 g/mol. The van der Waals surface area contributed by atoms with Crippen molar-refractivity contribution in [3.8, 4) is 11.5 Å². The number of alkyl halides is 3. The number of phenolic OH excluding ortho intramolecular Hbond substituents is 1. The van der Waals surface area contributed by atoms with E-state index >= 15 is 0 Å². The number of phenols is 1. The molecule has 0 saturated carbocycles. The Hall–Kier alpha value is -2.04. The first-order valence-electron chi connectivity index (χ1n) is 6.36. The van der Waals surface area contributed by atoms with Gasteiger partial charge in [-0.3, -0.25) is 10.1 Å². The third-order valence-corrected chi connectivity index (χ3v) is 3.55. The molecule has 3 N–H and O–H groups in total. The van der Waals surface area contributed by atoms with Crippen LogP contribution < -0.4 is 10.5 Å². The molecule has 0 amide bonds. The first kappa shape index (κ1) is 21.0. The van der Waals surface area contributed by atoms with Crippen LogP contribution in [-0.4, -0.2) is 16.4 Å². The molecule has 2 rings (SSSR count). The molecule has 0 saturated heterocycles. The Morgan fingerprint density at radius 3 is 2.28 bits per heavy atom. The first-order valence-corrected chi connectivity index (χ1v) is 7.16. The Kier molecular flexibility index (Phi) is 6.63. The van der Waals surface area contributed by atoms with Gasteiger partial charge in [0.2, 0.25) is 0 Å². The number of nitrogens with zero attached hydrogens (tertiary/aromatic N) is 1. The zero-order chi connectivity index (χ0) is 18.1. The molecule has 25 heavy (non-hydrogen) atoms. The van der Waals surface area contributed by atoms with Crippen molar-refractivity contribution in [1.82, 2.24) is 0 Å². The maximum atomic E-state index is 12.1. The Morgan fingerprint density at radius 1 is 1.24 bits per heavy atom. The number of hydrogen-bond donors (Lipinski definition) is 2. The van der Waals surface area contributed by atoms with Crippen molar-refractivity contribution >= 4 is 34.0 Å². The van der Waals surface area contributed by atoms with E-state index in [1.54, 1.807) is 0 Å². The van der Waals surface area contributed by atoms with Gasteiger partial charge < -0.3 is 15.6 Å². The molecule has 2 aromatic rings. The fraction of sp³-hybridized carbons (Fsp3) is 0.143. The summed E-state index contributed by atoms with van der Waals surface area (Å²) >= 11 is 3.08. The molecule has 0 aromatic heterocycles. The third kappa shape index (κ3) is 5.21. The van der Waals surface area contributed by atoms with Crippen LogP contribution in [0, 0.1) is 10.1 Å². The van der Waals surface area contributed by atoms with Crippen LogP contribution in [0.2, 0.25) is 0 Å². The molecule has 0 aliphatic heterocycles. The molecular weight excluding hydrogens is 433 g/mol. The van der Waals surface area contributed by atoms with Crippen molar-refractivity contribution in [3.05, 3.63) is 62.1 Å². The van der Waals surface area contributed by atoms with Crippen LogP contribution in [0.5, 0.6) is 11.5 Å². The lowest BCUT2D eigenvalue weighted by atomic mass is 9.98. The number of ether oxygens (including phenoxy) is 1. The molecule has 0 fully saturated rings. The van der Waals surface area contributed by atoms with E-state index < -0.39 is 34.5 Å². The van der Waals surface area contributed by atoms with E-state index in [1.807, 2.05) is 0 Å². The van der Waals surface area contributed by atoms with Gasteiger partial charge in [-0.05, 0) is 23.8 Å². The summed E-state index contributed by atoms with van der Waals surface area (Å²) in [5.41, 5.74) is 5.83. The van der Waals surface area contributed by atoms with Crippen molar-refractivity contribution in [2.75, 3.05) is 0 Å². The highest BCUT2D eigenvalue weighted by atomic mass is 79.9. The smallest absolute Gasteiger partial charge is 0.502 e. The van der Waals surface area contributed by atoms with Gasteiger partial charge in [0.05, 0.1) is 11.0 Å². The summed E-state index contributed by atoms with van der Waals surface area (Å²) < 4.78 is 40.5. The molecule has 11 heteroatoms. The second-order valence-corrected chi connectivity index (χ2v) is 5.63. The van der Waals surface area contributed by atoms with Gasteiger partial charge >= 0.3 is 12.0 Å². The van der Waals surface area contributed by atoms with E-state index in [4.69, 9.17) is 5.73 Å². The molecule has 0 unspecified atom stereocenters. The number of nitrogens with two attached hydrogens (primary N) is 1. The molecule has 0 bridgehead atoms. The zero-order valence-electron chi connectivity index (χ0n) is 12.2. The van der Waals surface area contributed by atoms with Gasteiger partial charge in [-0.1, -0.05) is 28.1 Å². The second-order valence-electron chi connectivity index (χ2n) is 4.71. The molecule has 0 radical (unpaired) electrons. The molecule has 136 valence electrons. The van der Waals surface area contributed by atoms with Gasteiger partial charge in [0.25, 0.3) is 0 Å². The van der Waals surface area contributed by atoms with Gasteiger partial charge in [-0.15, -0.1) is 25.6 Å². The Morgan fingerprint density at radius 2 is 1.80 bits per heavy atom. The lowest BCUT2D eigenvalue weighted by Gasteiger charge is -2.15. The fourth-order valence-electron chi connectivity index (χ4n) is 2.04. The number of rotatable bonds is 4. The van der Waals surface area contributed by atoms with E-state index in [2.05, 4.69) is 20.7 Å². The standard InChI is InChI=1S/C14H10BrF3N2O4.ClH/c15-8-5-10(13(21)11(6-8)20(22)23)12(19)7-1-3-9(4-2-7)24-14(16,17)18;/h1-6,12,21H,19H2;1H/t12-;/m0./s1. The molecule has 2 aromatic carbocycles. The summed E-state index contributed by atoms with van der Waals surface area (Å²) in [5.74, 6) is -1.03. The number of nitro benzene ring substituents is 1. The van der Waals surface area contributed by atoms with E-state index in [-0.39, 0.29) is 18.0 Å². The van der Waals surface area contributed by atoms with Gasteiger partial charge in [0.1, 0.15) is 5.75 Å². The summed E-state index contributed by atoms with van der Waals surface area (Å²) in [5, 5.41) is 20.9. The summed E-state index contributed by atoms with van der Waals surface area (Å²) in [7, 11) is 0. The average molecular weight is 444 g/mol. The van der Waals surface area contributed by atoms with Crippen molar-refractivity contribution in [1.29, 1.82) is 0 Å². The van der Waals surface area contributed by atoms with Crippen LogP contribution in [0.15, 0.2) is 40.9 Å². The van der Waals surface area contributed by atoms with Crippen molar-refractivity contribution in [2.24, 2.45) is 5.73 Å². The molecule has 0 heterocycles. The summed E-state index contributed by atoms with van der Waals surface area (Å²) in [6, 6.07) is 6.20. The van der Waals surface area contributed by atoms with E-state index in [9.17, 15) is 28.4 Å². The van der Waals surface area contributed by atoms with Crippen molar-refractivity contribution in [3.63, 3.8) is 0 Å². The molecule has 0 aliphatic rings. The minimum absolute atomic E-state index is 0. The minimum Gasteiger partial charge on any atom is -0.502 e. The number of hydrogen-bond acceptors (Lipinski definition) is 5. The van der Waals surface area contributed by atoms with Crippen LogP contribution in [0.25, 0.3) is 0 Å². The van der Waals surface area contributed by atoms with E-state index in [0.29, 0.717) is 10.0 Å². The maximum Gasteiger partial charge on any atom is 0.573 e. The van der Waals surface area contributed by atoms with Crippen LogP contribution in [0.4, 0.5) is 18.9 Å². The van der Waals surface area contributed by atoms with Gasteiger partial charge in [0, 0.05) is 16.1 Å². The lowest BCUT2D eigenvalue weighted by Crippen LogP contribution is -2.17. The number of halogens is 5. The summed E-state index contributed by atoms with van der Waals surface area (Å²) in [6.45, 7) is 0. The fourth-order valence-corrected chi connectivity index (χ4v) is 2.50. The predicted octanol–water partition coefficient (Wildman–Crippen LogP) is 4.43. The molecule has 6 nitrogen and oxygen atoms in total. The summed E-state index contributed by atoms with van der Waals surface area (Å²) in [4.78, 5) is 10.2. The highest BCUT2D eigenvalue weighted by Crippen LogP contribution is 2.38. The molecular formula is C14H11BrClF3N2O4. The Bertz CT molecular complexity index is 772. The first-order chi connectivity index (χ1) is 11.1. The van der Waals surface area contributed by atoms with Crippen LogP contribution >= 0.6 is 28.3 Å². The topological polar surface area (TPSA) is 98.6 Å². The lowest BCUT2D eigenvalue weighted by molar-refractivity contribution is -0.386. The quantitative estimate of drug-likeness (QED) is 0.538. The normalized spacial score (nSPS) is 12.2. The molecule has 0 aliphatic carbocycles. The van der Waals surface area contributed by atoms with Crippen LogP contribution in [-0.2, 0) is 0 Å². The molecule has 1 atom stereocenters. The van der Waals surface area contributed by atoms with Crippen molar-refractivity contribution < 1.29 is 27.9 Å². The number of aromatic hydroxyl groups is 1. The maximum absolute atomic E-state index is 12.1. The van der Waals surface area contributed by atoms with E-state index in [1.165, 1.54) is 18.2 Å². The van der Waals surface area contributed by atoms with Crippen LogP contribution in [0.3, 0.4) is 0 Å². The third-order valence-electron chi connectivity index (χ3n) is 3.09. The minimum atomic E-state index is -4.81. The highest BCUT2D eigenvalue weighted by molar-refractivity contribution is 9.10. The average Bonchev–Trinajstić information content (AvgIpc) is 2.47. The van der Waals surface area contributed by atoms with E-state index in [0.717, 1.165) is 18.2 Å². The van der Waals surface area contributed by atoms with Gasteiger partial charge in [0.15, 0.2) is 5.75 Å². The zero-order valence-corrected chi connectivity index (χ0v) is 14.6. The Labute approximate surface area is 154 Å². The number of benzene rings is 2. The largest absolute Gasteiger partial charge is 0.573 e. The highest BCUT2D eigenvalue weighted by Gasteiger charge is 2.31. The number of nitro groups is 1. The Balaban J connectivity index is 0.00000312. The molecule has 0 spiro atoms. The predicted molar refractivity (Wildman–Crippen MR) is 88.9 cm³/mol. The SMILES string of the molecule is Cl.N[C@@H](c1ccc(OC(F)(F)F)cc1)c1cc(Br)cc([N+](=O)[O-])c1O. The summed E-state index contributed by atoms with van der Waals surface area (Å²) in [6.07, 6.45) is -4.81. The second kappa shape index (κ2) is 7.89. The van der Waals surface area contributed by atoms with Crippen molar-refractivity contribution in [2.45, 2.75) is 12.4 Å². The van der Waals surface area contributed by atoms with Gasteiger partial charge in [-0.25, -0.2) is 0 Å².